The van der Waals surface area contributed by atoms with E-state index in [0.29, 0.717) is 0 Å². The predicted molar refractivity (Wildman–Crippen MR) is 295 cm³/mol. The molecule has 0 spiro atoms. The van der Waals surface area contributed by atoms with Crippen molar-refractivity contribution >= 4 is 97.7 Å². The average Bonchev–Trinajstić information content (AvgIpc) is 4.33. The summed E-state index contributed by atoms with van der Waals surface area (Å²) in [6.45, 7) is 0. The van der Waals surface area contributed by atoms with Gasteiger partial charge in [0.25, 0.3) is 0 Å². The normalized spacial score (nSPS) is 17.4. The minimum Gasteiger partial charge on any atom is -0.309 e. The summed E-state index contributed by atoms with van der Waals surface area (Å²) in [5, 5.41) is 15.6. The zero-order valence-corrected chi connectivity index (χ0v) is 38.4. The lowest BCUT2D eigenvalue weighted by Gasteiger charge is -2.40. The van der Waals surface area contributed by atoms with Crippen LogP contribution in [0.15, 0.2) is 237 Å². The molecule has 0 N–H and O–H groups in total. The molecule has 12 aromatic carbocycles. The number of nitrogens with zero attached hydrogens (tertiary/aromatic N) is 3. The molecule has 3 heteroatoms. The Morgan fingerprint density at radius 1 is 0.183 bits per heavy atom. The summed E-state index contributed by atoms with van der Waals surface area (Å²) in [7, 11) is 0. The Kier molecular flexibility index (Phi) is 6.49. The van der Waals surface area contributed by atoms with Gasteiger partial charge in [-0.3, -0.25) is 0 Å². The van der Waals surface area contributed by atoms with E-state index in [1.807, 2.05) is 0 Å². The highest BCUT2D eigenvalue weighted by Crippen LogP contribution is 2.76. The first-order valence-corrected chi connectivity index (χ1v) is 24.9. The Hall–Kier alpha value is -9.18. The second-order valence-electron chi connectivity index (χ2n) is 20.2. The molecule has 0 unspecified atom stereocenters. The van der Waals surface area contributed by atoms with Crippen LogP contribution in [0, 0.1) is 0 Å². The Balaban J connectivity index is 0.999. The van der Waals surface area contributed by atoms with E-state index in [9.17, 15) is 0 Å². The van der Waals surface area contributed by atoms with Crippen LogP contribution in [0.3, 0.4) is 0 Å². The number of fused-ring (bicyclic) bond motifs is 9. The predicted octanol–water partition coefficient (Wildman–Crippen LogP) is 16.7. The second-order valence-corrected chi connectivity index (χ2v) is 20.2. The molecule has 3 heterocycles. The third-order valence-corrected chi connectivity index (χ3v) is 17.5. The summed E-state index contributed by atoms with van der Waals surface area (Å²) in [4.78, 5) is 0. The molecular formula is C68H39N3. The molecule has 71 heavy (non-hydrogen) atoms. The monoisotopic (exact) mass is 897 g/mol. The number of benzene rings is 12. The van der Waals surface area contributed by atoms with Crippen LogP contribution in [0.25, 0.3) is 115 Å². The van der Waals surface area contributed by atoms with E-state index in [0.717, 1.165) is 0 Å². The summed E-state index contributed by atoms with van der Waals surface area (Å²) >= 11 is 0. The number of hydrogen-bond acceptors (Lipinski definition) is 0. The maximum Gasteiger partial charge on any atom is 0.0648 e. The second kappa shape index (κ2) is 12.5. The lowest BCUT2D eigenvalue weighted by Crippen LogP contribution is -2.42. The topological polar surface area (TPSA) is 14.8 Å². The fourth-order valence-electron chi connectivity index (χ4n) is 15.3. The van der Waals surface area contributed by atoms with Crippen molar-refractivity contribution in [2.24, 2.45) is 0 Å². The van der Waals surface area contributed by atoms with Gasteiger partial charge in [-0.05, 0) is 104 Å². The quantitative estimate of drug-likeness (QED) is 0.168. The molecule has 18 rings (SSSR count). The van der Waals surface area contributed by atoms with Gasteiger partial charge in [-0.1, -0.05) is 182 Å². The standard InChI is InChI=1S/C68H39N3/c1-7-28-55-40(16-1)41-17-2-8-29-56(41)69(55)61-37-34-52-64-46(61)22-13-25-49(64)67-50-26-14-23-47-62(70-57-30-9-3-18-42(57)43-19-4-10-31-58(43)70)38-35-53(65(47)50)68(52,67)54-36-39-63(48-24-15-27-51(67)66(48)54)71-59-32-11-5-20-44(59)45-21-6-12-33-60(45)71/h1-39H. The van der Waals surface area contributed by atoms with Gasteiger partial charge in [0.15, 0.2) is 0 Å². The van der Waals surface area contributed by atoms with Crippen LogP contribution in [0.1, 0.15) is 33.4 Å². The van der Waals surface area contributed by atoms with E-state index < -0.39 is 10.8 Å². The highest BCUT2D eigenvalue weighted by molar-refractivity contribution is 6.19. The van der Waals surface area contributed by atoms with Gasteiger partial charge in [0.2, 0.25) is 0 Å². The molecule has 3 aliphatic carbocycles. The summed E-state index contributed by atoms with van der Waals surface area (Å²) in [5.74, 6) is 0. The SMILES string of the molecule is c1cc2c3c(ccc(-n4c5ccccc5c5ccccc54)c3c1)C13c4ccc(-n5c6ccccc6c6ccccc65)c5cccc(c45)C21c1cccc2c(-n4c5ccccc5c5ccccc54)ccc3c12. The summed E-state index contributed by atoms with van der Waals surface area (Å²) in [5.41, 5.74) is 18.2. The minimum atomic E-state index is -0.559. The third kappa shape index (κ3) is 3.95. The molecule has 15 aromatic rings. The Morgan fingerprint density at radius 3 is 0.648 bits per heavy atom. The van der Waals surface area contributed by atoms with E-state index in [4.69, 9.17) is 0 Å². The van der Waals surface area contributed by atoms with Gasteiger partial charge < -0.3 is 13.7 Å². The maximum atomic E-state index is 2.53. The van der Waals surface area contributed by atoms with Gasteiger partial charge in [-0.15, -0.1) is 0 Å². The zero-order chi connectivity index (χ0) is 45.9. The molecule has 0 saturated heterocycles. The molecule has 0 fully saturated rings. The average molecular weight is 898 g/mol. The third-order valence-electron chi connectivity index (χ3n) is 17.5. The summed E-state index contributed by atoms with van der Waals surface area (Å²) in [6, 6.07) is 90.1. The van der Waals surface area contributed by atoms with Crippen LogP contribution < -0.4 is 0 Å². The van der Waals surface area contributed by atoms with Crippen molar-refractivity contribution in [3.63, 3.8) is 0 Å². The summed E-state index contributed by atoms with van der Waals surface area (Å²) in [6.07, 6.45) is 0. The maximum absolute atomic E-state index is 2.53. The van der Waals surface area contributed by atoms with Crippen LogP contribution in [-0.2, 0) is 10.8 Å². The van der Waals surface area contributed by atoms with Crippen LogP contribution in [0.2, 0.25) is 0 Å². The first-order chi connectivity index (χ1) is 35.3. The molecule has 0 amide bonds. The van der Waals surface area contributed by atoms with Gasteiger partial charge in [-0.25, -0.2) is 0 Å². The van der Waals surface area contributed by atoms with Gasteiger partial charge in [0, 0.05) is 48.5 Å². The van der Waals surface area contributed by atoms with Crippen LogP contribution in [-0.4, -0.2) is 13.7 Å². The smallest absolute Gasteiger partial charge is 0.0648 e. The van der Waals surface area contributed by atoms with Crippen molar-refractivity contribution in [1.29, 1.82) is 0 Å². The van der Waals surface area contributed by atoms with Crippen molar-refractivity contribution in [3.05, 3.63) is 270 Å². The fraction of sp³-hybridized carbons (Fsp3) is 0.0294. The molecule has 3 aromatic heterocycles. The number of para-hydroxylation sites is 6. The molecule has 326 valence electrons. The van der Waals surface area contributed by atoms with Crippen molar-refractivity contribution in [2.75, 3.05) is 0 Å². The molecule has 3 nitrogen and oxygen atoms in total. The molecule has 0 aliphatic heterocycles. The van der Waals surface area contributed by atoms with E-state index in [2.05, 4.69) is 250 Å². The number of hydrogen-bond donors (Lipinski definition) is 0. The van der Waals surface area contributed by atoms with Crippen molar-refractivity contribution in [3.8, 4) is 17.1 Å². The van der Waals surface area contributed by atoms with Gasteiger partial charge in [0.05, 0.1) is 61.0 Å². The molecule has 0 radical (unpaired) electrons. The Bertz CT molecular complexity index is 4270. The number of aromatic nitrogens is 3. The van der Waals surface area contributed by atoms with Crippen molar-refractivity contribution in [2.45, 2.75) is 10.8 Å². The summed E-state index contributed by atoms with van der Waals surface area (Å²) < 4.78 is 7.56. The fourth-order valence-corrected chi connectivity index (χ4v) is 15.3. The first-order valence-electron chi connectivity index (χ1n) is 24.9. The van der Waals surface area contributed by atoms with Crippen molar-refractivity contribution in [1.82, 2.24) is 13.7 Å². The van der Waals surface area contributed by atoms with E-state index in [1.165, 1.54) is 148 Å². The highest BCUT2D eigenvalue weighted by Gasteiger charge is 2.70. The first kappa shape index (κ1) is 36.8. The number of rotatable bonds is 3. The van der Waals surface area contributed by atoms with Crippen LogP contribution in [0.5, 0.6) is 0 Å². The van der Waals surface area contributed by atoms with Gasteiger partial charge >= 0.3 is 0 Å². The zero-order valence-electron chi connectivity index (χ0n) is 38.4. The van der Waals surface area contributed by atoms with Gasteiger partial charge in [0.1, 0.15) is 0 Å². The molecule has 0 bridgehead atoms. The molecule has 0 saturated carbocycles. The largest absolute Gasteiger partial charge is 0.309 e. The molecule has 3 aliphatic rings. The molecule has 0 atom stereocenters. The molecular weight excluding hydrogens is 859 g/mol. The Labute approximate surface area is 407 Å². The van der Waals surface area contributed by atoms with E-state index in [1.54, 1.807) is 0 Å². The van der Waals surface area contributed by atoms with Crippen molar-refractivity contribution < 1.29 is 0 Å². The lowest BCUT2D eigenvalue weighted by molar-refractivity contribution is 0.492. The lowest BCUT2D eigenvalue weighted by atomic mass is 9.59. The van der Waals surface area contributed by atoms with E-state index in [-0.39, 0.29) is 0 Å². The minimum absolute atomic E-state index is 0.559. The Morgan fingerprint density at radius 2 is 0.394 bits per heavy atom. The van der Waals surface area contributed by atoms with Crippen LogP contribution >= 0.6 is 0 Å². The van der Waals surface area contributed by atoms with E-state index >= 15 is 0 Å². The highest BCUT2D eigenvalue weighted by atomic mass is 15.0. The van der Waals surface area contributed by atoms with Gasteiger partial charge in [-0.2, -0.15) is 0 Å². The van der Waals surface area contributed by atoms with Crippen LogP contribution in [0.4, 0.5) is 0 Å².